The van der Waals surface area contributed by atoms with Crippen molar-refractivity contribution >= 4 is 11.3 Å². The van der Waals surface area contributed by atoms with Gasteiger partial charge in [-0.25, -0.2) is 4.98 Å². The van der Waals surface area contributed by atoms with E-state index in [4.69, 9.17) is 15.5 Å². The normalized spacial score (nSPS) is 22.6. The molecule has 1 aliphatic rings. The highest BCUT2D eigenvalue weighted by Gasteiger charge is 2.26. The number of thiazole rings is 1. The SMILES string of the molecule is COc1ccc(-c2nc(CN3CC(C)C(N)C3)cs2)cc1. The Bertz CT molecular complexity index is 586. The van der Waals surface area contributed by atoms with Crippen LogP contribution in [0.25, 0.3) is 10.6 Å². The van der Waals surface area contributed by atoms with Crippen LogP contribution in [0, 0.1) is 5.92 Å². The first-order chi connectivity index (χ1) is 10.2. The topological polar surface area (TPSA) is 51.4 Å². The Morgan fingerprint density at radius 1 is 1.33 bits per heavy atom. The summed E-state index contributed by atoms with van der Waals surface area (Å²) in [4.78, 5) is 7.14. The largest absolute Gasteiger partial charge is 0.497 e. The van der Waals surface area contributed by atoms with E-state index in [2.05, 4.69) is 29.3 Å². The summed E-state index contributed by atoms with van der Waals surface area (Å²) in [6.45, 7) is 5.15. The van der Waals surface area contributed by atoms with Crippen LogP contribution in [0.3, 0.4) is 0 Å². The van der Waals surface area contributed by atoms with Crippen LogP contribution in [0.5, 0.6) is 5.75 Å². The van der Waals surface area contributed by atoms with Gasteiger partial charge in [-0.1, -0.05) is 6.92 Å². The molecule has 4 nitrogen and oxygen atoms in total. The molecule has 2 N–H and O–H groups in total. The van der Waals surface area contributed by atoms with Gasteiger partial charge in [0.05, 0.1) is 12.8 Å². The molecule has 5 heteroatoms. The van der Waals surface area contributed by atoms with Crippen molar-refractivity contribution in [3.8, 4) is 16.3 Å². The van der Waals surface area contributed by atoms with E-state index < -0.39 is 0 Å². The Hall–Kier alpha value is -1.43. The minimum absolute atomic E-state index is 0.296. The van der Waals surface area contributed by atoms with Crippen LogP contribution in [0.4, 0.5) is 0 Å². The van der Waals surface area contributed by atoms with E-state index in [-0.39, 0.29) is 0 Å². The molecule has 1 aromatic heterocycles. The third kappa shape index (κ3) is 3.26. The van der Waals surface area contributed by atoms with Gasteiger partial charge in [0.25, 0.3) is 0 Å². The Morgan fingerprint density at radius 3 is 2.71 bits per heavy atom. The highest BCUT2D eigenvalue weighted by Crippen LogP contribution is 2.27. The zero-order chi connectivity index (χ0) is 14.8. The van der Waals surface area contributed by atoms with Gasteiger partial charge in [0.2, 0.25) is 0 Å². The predicted octanol–water partition coefficient (Wildman–Crippen LogP) is 2.60. The van der Waals surface area contributed by atoms with Crippen molar-refractivity contribution in [1.29, 1.82) is 0 Å². The molecule has 3 rings (SSSR count). The van der Waals surface area contributed by atoms with Crippen LogP contribution >= 0.6 is 11.3 Å². The van der Waals surface area contributed by atoms with Crippen molar-refractivity contribution < 1.29 is 4.74 Å². The average molecular weight is 303 g/mol. The Balaban J connectivity index is 1.68. The molecule has 21 heavy (non-hydrogen) atoms. The molecule has 1 aliphatic heterocycles. The summed E-state index contributed by atoms with van der Waals surface area (Å²) < 4.78 is 5.18. The summed E-state index contributed by atoms with van der Waals surface area (Å²) in [6.07, 6.45) is 0. The molecule has 0 aliphatic carbocycles. The lowest BCUT2D eigenvalue weighted by atomic mass is 10.1. The van der Waals surface area contributed by atoms with E-state index in [1.807, 2.05) is 12.1 Å². The Labute approximate surface area is 129 Å². The molecule has 0 radical (unpaired) electrons. The summed E-state index contributed by atoms with van der Waals surface area (Å²) >= 11 is 1.69. The van der Waals surface area contributed by atoms with E-state index in [1.54, 1.807) is 18.4 Å². The van der Waals surface area contributed by atoms with Crippen molar-refractivity contribution in [2.24, 2.45) is 11.7 Å². The fraction of sp³-hybridized carbons (Fsp3) is 0.438. The number of hydrogen-bond donors (Lipinski definition) is 1. The van der Waals surface area contributed by atoms with Gasteiger partial charge in [-0.3, -0.25) is 4.90 Å². The van der Waals surface area contributed by atoms with Crippen molar-refractivity contribution in [2.75, 3.05) is 20.2 Å². The van der Waals surface area contributed by atoms with E-state index in [0.29, 0.717) is 12.0 Å². The quantitative estimate of drug-likeness (QED) is 0.943. The van der Waals surface area contributed by atoms with E-state index in [0.717, 1.165) is 41.6 Å². The highest BCUT2D eigenvalue weighted by atomic mass is 32.1. The van der Waals surface area contributed by atoms with Gasteiger partial charge in [-0.15, -0.1) is 11.3 Å². The molecule has 1 fully saturated rings. The van der Waals surface area contributed by atoms with Crippen molar-refractivity contribution in [3.63, 3.8) is 0 Å². The summed E-state index contributed by atoms with van der Waals surface area (Å²) in [5.41, 5.74) is 8.34. The number of ether oxygens (including phenoxy) is 1. The monoisotopic (exact) mass is 303 g/mol. The van der Waals surface area contributed by atoms with Crippen molar-refractivity contribution in [1.82, 2.24) is 9.88 Å². The summed E-state index contributed by atoms with van der Waals surface area (Å²) in [6, 6.07) is 8.34. The minimum atomic E-state index is 0.296. The Kier molecular flexibility index (Phi) is 4.24. The molecule has 0 bridgehead atoms. The number of aromatic nitrogens is 1. The van der Waals surface area contributed by atoms with Gasteiger partial charge in [0.15, 0.2) is 0 Å². The van der Waals surface area contributed by atoms with E-state index in [9.17, 15) is 0 Å². The molecule has 0 amide bonds. The fourth-order valence-electron chi connectivity index (χ4n) is 2.70. The molecule has 1 aromatic carbocycles. The van der Waals surface area contributed by atoms with Gasteiger partial charge in [0.1, 0.15) is 10.8 Å². The first-order valence-electron chi connectivity index (χ1n) is 7.22. The van der Waals surface area contributed by atoms with Crippen LogP contribution in [0.15, 0.2) is 29.6 Å². The lowest BCUT2D eigenvalue weighted by Crippen LogP contribution is -2.28. The van der Waals surface area contributed by atoms with Gasteiger partial charge in [-0.2, -0.15) is 0 Å². The number of methoxy groups -OCH3 is 1. The maximum Gasteiger partial charge on any atom is 0.123 e. The first-order valence-corrected chi connectivity index (χ1v) is 8.10. The fourth-order valence-corrected chi connectivity index (χ4v) is 3.52. The molecule has 0 saturated carbocycles. The van der Waals surface area contributed by atoms with Crippen molar-refractivity contribution in [2.45, 2.75) is 19.5 Å². The molecular formula is C16H21N3OS. The van der Waals surface area contributed by atoms with Gasteiger partial charge >= 0.3 is 0 Å². The second-order valence-electron chi connectivity index (χ2n) is 5.71. The van der Waals surface area contributed by atoms with Gasteiger partial charge in [-0.05, 0) is 30.2 Å². The number of benzene rings is 1. The predicted molar refractivity (Wildman–Crippen MR) is 86.5 cm³/mol. The lowest BCUT2D eigenvalue weighted by molar-refractivity contribution is 0.315. The molecule has 1 saturated heterocycles. The number of hydrogen-bond acceptors (Lipinski definition) is 5. The average Bonchev–Trinajstić information content (AvgIpc) is 3.07. The number of rotatable bonds is 4. The second-order valence-corrected chi connectivity index (χ2v) is 6.57. The molecule has 112 valence electrons. The standard InChI is InChI=1S/C16H21N3OS/c1-11-7-19(9-15(11)17)8-13-10-21-16(18-13)12-3-5-14(20-2)6-4-12/h3-6,10-11,15H,7-9,17H2,1-2H3. The number of nitrogens with zero attached hydrogens (tertiary/aromatic N) is 2. The van der Waals surface area contributed by atoms with Crippen molar-refractivity contribution in [3.05, 3.63) is 35.3 Å². The second kappa shape index (κ2) is 6.13. The number of nitrogens with two attached hydrogens (primary N) is 1. The molecular weight excluding hydrogens is 282 g/mol. The first kappa shape index (κ1) is 14.5. The molecule has 0 spiro atoms. The summed E-state index contributed by atoms with van der Waals surface area (Å²) in [5, 5.41) is 3.21. The highest BCUT2D eigenvalue weighted by molar-refractivity contribution is 7.13. The summed E-state index contributed by atoms with van der Waals surface area (Å²) in [7, 11) is 1.68. The third-order valence-corrected chi connectivity index (χ3v) is 4.96. The van der Waals surface area contributed by atoms with Crippen LogP contribution in [0.2, 0.25) is 0 Å². The van der Waals surface area contributed by atoms with Gasteiger partial charge in [0, 0.05) is 36.6 Å². The third-order valence-electron chi connectivity index (χ3n) is 4.02. The molecule has 2 unspecified atom stereocenters. The maximum atomic E-state index is 6.07. The zero-order valence-corrected chi connectivity index (χ0v) is 13.3. The lowest BCUT2D eigenvalue weighted by Gasteiger charge is -2.12. The van der Waals surface area contributed by atoms with Gasteiger partial charge < -0.3 is 10.5 Å². The molecule has 2 atom stereocenters. The van der Waals surface area contributed by atoms with Crippen LogP contribution in [-0.2, 0) is 6.54 Å². The number of likely N-dealkylation sites (tertiary alicyclic amines) is 1. The van der Waals surface area contributed by atoms with Crippen LogP contribution in [0.1, 0.15) is 12.6 Å². The van der Waals surface area contributed by atoms with E-state index in [1.165, 1.54) is 0 Å². The maximum absolute atomic E-state index is 6.07. The Morgan fingerprint density at radius 2 is 2.10 bits per heavy atom. The smallest absolute Gasteiger partial charge is 0.123 e. The zero-order valence-electron chi connectivity index (χ0n) is 12.5. The molecule has 2 heterocycles. The van der Waals surface area contributed by atoms with Crippen LogP contribution in [-0.4, -0.2) is 36.1 Å². The van der Waals surface area contributed by atoms with E-state index >= 15 is 0 Å². The van der Waals surface area contributed by atoms with Crippen LogP contribution < -0.4 is 10.5 Å². The molecule has 2 aromatic rings. The minimum Gasteiger partial charge on any atom is -0.497 e. The summed E-state index contributed by atoms with van der Waals surface area (Å²) in [5.74, 6) is 1.44.